The van der Waals surface area contributed by atoms with Crippen LogP contribution in [0.3, 0.4) is 0 Å². The number of sulfonamides is 1. The highest BCUT2D eigenvalue weighted by molar-refractivity contribution is 7.89. The van der Waals surface area contributed by atoms with Crippen LogP contribution in [-0.2, 0) is 16.4 Å². The molecule has 8 heteroatoms. The Hall–Kier alpha value is -2.19. The third-order valence-electron chi connectivity index (χ3n) is 4.47. The average Bonchev–Trinajstić information content (AvgIpc) is 3.10. The van der Waals surface area contributed by atoms with Crippen LogP contribution in [0.4, 0.5) is 0 Å². The van der Waals surface area contributed by atoms with Crippen molar-refractivity contribution in [3.63, 3.8) is 0 Å². The molecule has 0 saturated carbocycles. The Kier molecular flexibility index (Phi) is 4.30. The lowest BCUT2D eigenvalue weighted by molar-refractivity contribution is 0.124. The first-order valence-electron chi connectivity index (χ1n) is 8.31. The van der Waals surface area contributed by atoms with Gasteiger partial charge in [0.15, 0.2) is 0 Å². The molecular formula is C17H19N3O4S. The largest absolute Gasteiger partial charge is 0.493 e. The second-order valence-electron chi connectivity index (χ2n) is 6.16. The minimum atomic E-state index is -3.55. The van der Waals surface area contributed by atoms with E-state index >= 15 is 0 Å². The van der Waals surface area contributed by atoms with Gasteiger partial charge in [-0.1, -0.05) is 0 Å². The molecule has 2 aliphatic heterocycles. The van der Waals surface area contributed by atoms with Crippen LogP contribution in [0.2, 0.25) is 0 Å². The van der Waals surface area contributed by atoms with E-state index in [1.165, 1.54) is 10.5 Å². The molecule has 2 aliphatic rings. The predicted octanol–water partition coefficient (Wildman–Crippen LogP) is 1.64. The fraction of sp³-hybridized carbons (Fsp3) is 0.412. The maximum Gasteiger partial charge on any atom is 0.243 e. The Balaban J connectivity index is 1.52. The van der Waals surface area contributed by atoms with Gasteiger partial charge in [-0.3, -0.25) is 4.98 Å². The summed E-state index contributed by atoms with van der Waals surface area (Å²) in [5, 5.41) is 0. The summed E-state index contributed by atoms with van der Waals surface area (Å²) >= 11 is 0. The van der Waals surface area contributed by atoms with Crippen LogP contribution in [0.1, 0.15) is 18.4 Å². The van der Waals surface area contributed by atoms with Crippen LogP contribution >= 0.6 is 0 Å². The highest BCUT2D eigenvalue weighted by Crippen LogP contribution is 2.30. The monoisotopic (exact) mass is 361 g/mol. The molecule has 1 fully saturated rings. The van der Waals surface area contributed by atoms with Crippen molar-refractivity contribution in [1.82, 2.24) is 14.3 Å². The first-order chi connectivity index (χ1) is 12.1. The summed E-state index contributed by atoms with van der Waals surface area (Å²) < 4.78 is 38.7. The fourth-order valence-electron chi connectivity index (χ4n) is 3.21. The quantitative estimate of drug-likeness (QED) is 0.823. The molecule has 4 rings (SSSR count). The summed E-state index contributed by atoms with van der Waals surface area (Å²) in [5.74, 6) is 1.20. The van der Waals surface area contributed by atoms with Gasteiger partial charge in [-0.2, -0.15) is 4.31 Å². The van der Waals surface area contributed by atoms with E-state index < -0.39 is 10.0 Å². The third kappa shape index (κ3) is 3.32. The van der Waals surface area contributed by atoms with Crippen LogP contribution in [0.5, 0.6) is 11.6 Å². The van der Waals surface area contributed by atoms with Gasteiger partial charge in [0.25, 0.3) is 0 Å². The lowest BCUT2D eigenvalue weighted by atomic mass is 10.1. The molecule has 0 N–H and O–H groups in total. The minimum absolute atomic E-state index is 0.224. The zero-order valence-corrected chi connectivity index (χ0v) is 14.5. The molecule has 1 saturated heterocycles. The number of hydrogen-bond donors (Lipinski definition) is 0. The maximum absolute atomic E-state index is 13.0. The van der Waals surface area contributed by atoms with Crippen molar-refractivity contribution in [2.45, 2.75) is 30.3 Å². The van der Waals surface area contributed by atoms with Gasteiger partial charge in [-0.15, -0.1) is 0 Å². The summed E-state index contributed by atoms with van der Waals surface area (Å²) in [4.78, 5) is 8.38. The van der Waals surface area contributed by atoms with Crippen LogP contribution in [0.15, 0.2) is 41.7 Å². The zero-order chi connectivity index (χ0) is 17.3. The van der Waals surface area contributed by atoms with E-state index in [4.69, 9.17) is 9.47 Å². The van der Waals surface area contributed by atoms with E-state index in [9.17, 15) is 8.42 Å². The molecule has 0 radical (unpaired) electrons. The van der Waals surface area contributed by atoms with Crippen molar-refractivity contribution in [1.29, 1.82) is 0 Å². The summed E-state index contributed by atoms with van der Waals surface area (Å²) in [5.41, 5.74) is 0.949. The molecular weight excluding hydrogens is 342 g/mol. The Labute approximate surface area is 146 Å². The van der Waals surface area contributed by atoms with Crippen LogP contribution in [0.25, 0.3) is 0 Å². The second-order valence-corrected chi connectivity index (χ2v) is 8.09. The summed E-state index contributed by atoms with van der Waals surface area (Å²) in [7, 11) is -3.55. The number of hydrogen-bond acceptors (Lipinski definition) is 6. The van der Waals surface area contributed by atoms with Crippen molar-refractivity contribution in [2.24, 2.45) is 0 Å². The minimum Gasteiger partial charge on any atom is -0.493 e. The summed E-state index contributed by atoms with van der Waals surface area (Å²) in [6, 6.07) is 5.09. The molecule has 1 aromatic heterocycles. The number of piperidine rings is 1. The molecule has 1 aromatic carbocycles. The summed E-state index contributed by atoms with van der Waals surface area (Å²) in [6.45, 7) is 1.42. The molecule has 2 aromatic rings. The number of fused-ring (bicyclic) bond motifs is 1. The Morgan fingerprint density at radius 3 is 3.04 bits per heavy atom. The van der Waals surface area contributed by atoms with E-state index in [2.05, 4.69) is 9.97 Å². The van der Waals surface area contributed by atoms with E-state index in [0.717, 1.165) is 30.6 Å². The van der Waals surface area contributed by atoms with Gasteiger partial charge >= 0.3 is 0 Å². The van der Waals surface area contributed by atoms with Gasteiger partial charge in [0, 0.05) is 25.4 Å². The molecule has 0 unspecified atom stereocenters. The number of nitrogens with zero attached hydrogens (tertiary/aromatic N) is 3. The topological polar surface area (TPSA) is 81.6 Å². The van der Waals surface area contributed by atoms with Crippen molar-refractivity contribution in [2.75, 3.05) is 19.7 Å². The normalized spacial score (nSPS) is 20.7. The predicted molar refractivity (Wildman–Crippen MR) is 90.1 cm³/mol. The van der Waals surface area contributed by atoms with Crippen LogP contribution < -0.4 is 9.47 Å². The molecule has 0 bridgehead atoms. The lowest BCUT2D eigenvalue weighted by Crippen LogP contribution is -2.44. The van der Waals surface area contributed by atoms with E-state index in [1.807, 2.05) is 0 Å². The maximum atomic E-state index is 13.0. The average molecular weight is 361 g/mol. The Morgan fingerprint density at radius 1 is 1.28 bits per heavy atom. The van der Waals surface area contributed by atoms with Crippen molar-refractivity contribution in [3.8, 4) is 11.6 Å². The van der Waals surface area contributed by atoms with E-state index in [0.29, 0.717) is 30.5 Å². The van der Waals surface area contributed by atoms with Gasteiger partial charge < -0.3 is 9.47 Å². The zero-order valence-electron chi connectivity index (χ0n) is 13.7. The third-order valence-corrected chi connectivity index (χ3v) is 6.33. The van der Waals surface area contributed by atoms with Gasteiger partial charge in [-0.25, -0.2) is 13.4 Å². The first kappa shape index (κ1) is 16.3. The van der Waals surface area contributed by atoms with Gasteiger partial charge in [0.1, 0.15) is 11.9 Å². The van der Waals surface area contributed by atoms with Crippen molar-refractivity contribution < 1.29 is 17.9 Å². The molecule has 0 spiro atoms. The molecule has 25 heavy (non-hydrogen) atoms. The number of ether oxygens (including phenoxy) is 2. The Bertz CT molecular complexity index is 857. The molecule has 7 nitrogen and oxygen atoms in total. The van der Waals surface area contributed by atoms with Crippen LogP contribution in [0, 0.1) is 0 Å². The number of aromatic nitrogens is 2. The Morgan fingerprint density at radius 2 is 2.20 bits per heavy atom. The second kappa shape index (κ2) is 6.61. The van der Waals surface area contributed by atoms with Crippen molar-refractivity contribution >= 4 is 10.0 Å². The molecule has 0 aliphatic carbocycles. The smallest absolute Gasteiger partial charge is 0.243 e. The molecule has 132 valence electrons. The molecule has 3 heterocycles. The fourth-order valence-corrected chi connectivity index (χ4v) is 4.77. The first-order valence-corrected chi connectivity index (χ1v) is 9.75. The van der Waals surface area contributed by atoms with E-state index in [-0.39, 0.29) is 6.10 Å². The molecule has 1 atom stereocenters. The van der Waals surface area contributed by atoms with Gasteiger partial charge in [0.2, 0.25) is 15.9 Å². The highest BCUT2D eigenvalue weighted by Gasteiger charge is 2.32. The lowest BCUT2D eigenvalue weighted by Gasteiger charge is -2.31. The number of rotatable bonds is 4. The van der Waals surface area contributed by atoms with Gasteiger partial charge in [-0.05, 0) is 36.6 Å². The number of benzene rings is 1. The highest BCUT2D eigenvalue weighted by atomic mass is 32.2. The van der Waals surface area contributed by atoms with Gasteiger partial charge in [0.05, 0.1) is 24.2 Å². The molecule has 0 amide bonds. The summed E-state index contributed by atoms with van der Waals surface area (Å²) in [6.07, 6.45) is 6.73. The SMILES string of the molecule is O=S(=O)(c1ccc2c(c1)CCO2)N1CCC[C@H](Oc2cnccn2)C1. The van der Waals surface area contributed by atoms with E-state index in [1.54, 1.807) is 30.6 Å². The van der Waals surface area contributed by atoms with Crippen LogP contribution in [-0.4, -0.2) is 48.5 Å². The standard InChI is InChI=1S/C17H19N3O4S/c21-25(22,15-3-4-16-13(10-15)5-9-23-16)20-8-1-2-14(12-20)24-17-11-18-6-7-19-17/h3-4,6-7,10-11,14H,1-2,5,8-9,12H2/t14-/m0/s1. The van der Waals surface area contributed by atoms with Crippen molar-refractivity contribution in [3.05, 3.63) is 42.4 Å².